The topological polar surface area (TPSA) is 121 Å². The quantitative estimate of drug-likeness (QED) is 0.594. The Balaban J connectivity index is 2.24. The number of carboxylic acids is 2. The molecule has 7 nitrogen and oxygen atoms in total. The maximum absolute atomic E-state index is 12.4. The van der Waals surface area contributed by atoms with Crippen LogP contribution in [0.15, 0.2) is 30.3 Å². The van der Waals surface area contributed by atoms with Gasteiger partial charge in [-0.1, -0.05) is 30.3 Å². The van der Waals surface area contributed by atoms with Gasteiger partial charge in [-0.25, -0.2) is 9.69 Å². The van der Waals surface area contributed by atoms with Crippen molar-refractivity contribution in [2.24, 2.45) is 5.73 Å². The second kappa shape index (κ2) is 8.66. The first-order chi connectivity index (χ1) is 12.2. The highest BCUT2D eigenvalue weighted by atomic mass is 32.2. The Kier molecular flexibility index (Phi) is 6.80. The van der Waals surface area contributed by atoms with Gasteiger partial charge in [-0.2, -0.15) is 0 Å². The Morgan fingerprint density at radius 2 is 1.88 bits per heavy atom. The standard InChI is InChI=1S/C18H24N2O5S/c1-11(19)18(25)26-10-15(17(23)24)20(12(26)2)14(16(21)22)9-8-13-6-4-3-5-7-13/h3-7,11-12,14-15H,8-10,19H2,1-2H3,(H-,21,22,23,24)/p+1/t11-,12?,14?,15?,26?/m0/s1. The monoisotopic (exact) mass is 381 g/mol. The third-order valence-electron chi connectivity index (χ3n) is 4.64. The Hall–Kier alpha value is -1.90. The van der Waals surface area contributed by atoms with Crippen molar-refractivity contribution in [3.8, 4) is 0 Å². The van der Waals surface area contributed by atoms with Gasteiger partial charge < -0.3 is 15.9 Å². The molecule has 5 atom stereocenters. The summed E-state index contributed by atoms with van der Waals surface area (Å²) in [5, 5.41) is 18.6. The summed E-state index contributed by atoms with van der Waals surface area (Å²) >= 11 is 0. The van der Waals surface area contributed by atoms with Gasteiger partial charge in [0.1, 0.15) is 17.8 Å². The molecule has 0 saturated carbocycles. The second-order valence-corrected chi connectivity index (χ2v) is 8.76. The van der Waals surface area contributed by atoms with E-state index in [0.717, 1.165) is 5.56 Å². The summed E-state index contributed by atoms with van der Waals surface area (Å²) in [6.07, 6.45) is 0.791. The molecule has 1 aliphatic rings. The Labute approximate surface area is 155 Å². The summed E-state index contributed by atoms with van der Waals surface area (Å²) in [7, 11) is -0.895. The van der Waals surface area contributed by atoms with Crippen molar-refractivity contribution in [2.75, 3.05) is 5.75 Å². The molecule has 0 aromatic heterocycles. The molecule has 1 aliphatic heterocycles. The van der Waals surface area contributed by atoms with E-state index < -0.39 is 46.3 Å². The number of nitrogens with two attached hydrogens (primary N) is 1. The molecule has 0 spiro atoms. The van der Waals surface area contributed by atoms with Crippen molar-refractivity contribution in [1.82, 2.24) is 4.90 Å². The predicted octanol–water partition coefficient (Wildman–Crippen LogP) is 0.679. The van der Waals surface area contributed by atoms with Crippen LogP contribution in [0.5, 0.6) is 0 Å². The van der Waals surface area contributed by atoms with Crippen LogP contribution in [0.2, 0.25) is 0 Å². The molecule has 0 amide bonds. The molecule has 8 heteroatoms. The van der Waals surface area contributed by atoms with Crippen LogP contribution >= 0.6 is 0 Å². The molecule has 142 valence electrons. The molecule has 1 heterocycles. The summed E-state index contributed by atoms with van der Waals surface area (Å²) in [5.74, 6) is -2.06. The van der Waals surface area contributed by atoms with Crippen LogP contribution in [0.25, 0.3) is 0 Å². The summed E-state index contributed by atoms with van der Waals surface area (Å²) < 4.78 is 0. The maximum atomic E-state index is 12.4. The highest BCUT2D eigenvalue weighted by Crippen LogP contribution is 2.30. The number of carbonyl (C=O) groups excluding carboxylic acids is 1. The average molecular weight is 381 g/mol. The maximum Gasteiger partial charge on any atom is 0.348 e. The molecular weight excluding hydrogens is 356 g/mol. The highest BCUT2D eigenvalue weighted by molar-refractivity contribution is 8.11. The van der Waals surface area contributed by atoms with Crippen LogP contribution < -0.4 is 5.73 Å². The van der Waals surface area contributed by atoms with E-state index in [4.69, 9.17) is 5.73 Å². The fourth-order valence-electron chi connectivity index (χ4n) is 3.30. The van der Waals surface area contributed by atoms with Crippen molar-refractivity contribution in [3.63, 3.8) is 0 Å². The van der Waals surface area contributed by atoms with Gasteiger partial charge in [-0.05, 0) is 32.3 Å². The van der Waals surface area contributed by atoms with Crippen LogP contribution in [0.4, 0.5) is 0 Å². The molecule has 0 radical (unpaired) electrons. The Bertz CT molecular complexity index is 667. The van der Waals surface area contributed by atoms with Crippen LogP contribution in [0.3, 0.4) is 0 Å². The predicted molar refractivity (Wildman–Crippen MR) is 99.8 cm³/mol. The van der Waals surface area contributed by atoms with E-state index >= 15 is 0 Å². The van der Waals surface area contributed by atoms with E-state index in [1.807, 2.05) is 30.3 Å². The molecule has 1 saturated heterocycles. The van der Waals surface area contributed by atoms with Gasteiger partial charge in [0.25, 0.3) is 0 Å². The number of aryl methyl sites for hydroxylation is 1. The number of aliphatic carboxylic acids is 2. The lowest BCUT2D eigenvalue weighted by Crippen LogP contribution is -2.51. The zero-order valence-electron chi connectivity index (χ0n) is 14.9. The zero-order valence-corrected chi connectivity index (χ0v) is 15.7. The summed E-state index contributed by atoms with van der Waals surface area (Å²) in [5.41, 5.74) is 6.68. The smallest absolute Gasteiger partial charge is 0.348 e. The Morgan fingerprint density at radius 1 is 1.27 bits per heavy atom. The van der Waals surface area contributed by atoms with Gasteiger partial charge in [0.2, 0.25) is 0 Å². The van der Waals surface area contributed by atoms with Crippen molar-refractivity contribution < 1.29 is 24.6 Å². The van der Waals surface area contributed by atoms with E-state index in [0.29, 0.717) is 6.42 Å². The van der Waals surface area contributed by atoms with E-state index in [9.17, 15) is 24.6 Å². The van der Waals surface area contributed by atoms with Crippen LogP contribution in [-0.4, -0.2) is 61.4 Å². The number of nitrogens with zero attached hydrogens (tertiary/aromatic N) is 1. The van der Waals surface area contributed by atoms with Crippen molar-refractivity contribution in [1.29, 1.82) is 0 Å². The molecule has 1 aromatic carbocycles. The molecule has 26 heavy (non-hydrogen) atoms. The molecule has 4 N–H and O–H groups in total. The number of hydrogen-bond donors (Lipinski definition) is 3. The van der Waals surface area contributed by atoms with Gasteiger partial charge in [0.15, 0.2) is 11.4 Å². The van der Waals surface area contributed by atoms with Gasteiger partial charge in [-0.15, -0.1) is 0 Å². The largest absolute Gasteiger partial charge is 0.480 e. The van der Waals surface area contributed by atoms with Gasteiger partial charge >= 0.3 is 17.1 Å². The van der Waals surface area contributed by atoms with Gasteiger partial charge in [0, 0.05) is 0 Å². The molecule has 1 aromatic rings. The number of carboxylic acid groups (broad SMARTS) is 2. The summed E-state index contributed by atoms with van der Waals surface area (Å²) in [4.78, 5) is 37.5. The SMILES string of the molecule is CC1N(C(CCc2ccccc2)C(=O)O)C(C(=O)O)C[S+]1C(=O)[C@H](C)N. The van der Waals surface area contributed by atoms with Crippen molar-refractivity contribution >= 4 is 27.9 Å². The lowest BCUT2D eigenvalue weighted by atomic mass is 10.0. The third kappa shape index (κ3) is 4.44. The first kappa shape index (κ1) is 20.4. The van der Waals surface area contributed by atoms with Crippen molar-refractivity contribution in [2.45, 2.75) is 50.2 Å². The molecule has 0 aliphatic carbocycles. The minimum absolute atomic E-state index is 0.117. The summed E-state index contributed by atoms with van der Waals surface area (Å²) in [6.45, 7) is 3.30. The van der Waals surface area contributed by atoms with E-state index in [1.54, 1.807) is 13.8 Å². The third-order valence-corrected chi connectivity index (χ3v) is 7.27. The molecule has 0 bridgehead atoms. The van der Waals surface area contributed by atoms with Crippen LogP contribution in [0, 0.1) is 0 Å². The molecular formula is C18H25N2O5S+. The fraction of sp³-hybridized carbons (Fsp3) is 0.500. The molecule has 1 fully saturated rings. The lowest BCUT2D eigenvalue weighted by molar-refractivity contribution is -0.149. The normalized spacial score (nSPS) is 25.6. The molecule has 2 rings (SSSR count). The van der Waals surface area contributed by atoms with Crippen LogP contribution in [-0.2, 0) is 31.7 Å². The zero-order chi connectivity index (χ0) is 19.4. The van der Waals surface area contributed by atoms with E-state index in [-0.39, 0.29) is 17.3 Å². The first-order valence-electron chi connectivity index (χ1n) is 8.50. The minimum atomic E-state index is -1.10. The first-order valence-corrected chi connectivity index (χ1v) is 9.95. The second-order valence-electron chi connectivity index (χ2n) is 6.48. The van der Waals surface area contributed by atoms with Gasteiger partial charge in [0.05, 0.1) is 10.9 Å². The number of hydrogen-bond acceptors (Lipinski definition) is 5. The van der Waals surface area contributed by atoms with Crippen molar-refractivity contribution in [3.05, 3.63) is 35.9 Å². The number of carbonyl (C=O) groups is 3. The van der Waals surface area contributed by atoms with Crippen LogP contribution in [0.1, 0.15) is 25.8 Å². The highest BCUT2D eigenvalue weighted by Gasteiger charge is 2.57. The summed E-state index contributed by atoms with van der Waals surface area (Å²) in [6, 6.07) is 6.80. The lowest BCUT2D eigenvalue weighted by Gasteiger charge is -2.28. The van der Waals surface area contributed by atoms with E-state index in [2.05, 4.69) is 0 Å². The fourth-order valence-corrected chi connectivity index (χ4v) is 5.80. The number of rotatable bonds is 7. The minimum Gasteiger partial charge on any atom is -0.480 e. The van der Waals surface area contributed by atoms with E-state index in [1.165, 1.54) is 4.90 Å². The average Bonchev–Trinajstić information content (AvgIpc) is 2.92. The Morgan fingerprint density at radius 3 is 2.38 bits per heavy atom. The number of benzene rings is 1. The van der Waals surface area contributed by atoms with Gasteiger partial charge in [-0.3, -0.25) is 9.59 Å². The molecule has 4 unspecified atom stereocenters.